The van der Waals surface area contributed by atoms with E-state index in [0.29, 0.717) is 10.8 Å². The minimum atomic E-state index is -0.969. The summed E-state index contributed by atoms with van der Waals surface area (Å²) >= 11 is 1.46. The molecule has 0 spiro atoms. The molecule has 0 bridgehead atoms. The summed E-state index contributed by atoms with van der Waals surface area (Å²) in [6.07, 6.45) is 0. The van der Waals surface area contributed by atoms with Crippen molar-refractivity contribution in [3.63, 3.8) is 0 Å². The molecule has 2 nitrogen and oxygen atoms in total. The van der Waals surface area contributed by atoms with Crippen molar-refractivity contribution in [1.82, 2.24) is 0 Å². The van der Waals surface area contributed by atoms with E-state index >= 15 is 0 Å². The van der Waals surface area contributed by atoms with Gasteiger partial charge in [-0.25, -0.2) is 4.79 Å². The second-order valence-corrected chi connectivity index (χ2v) is 5.81. The van der Waals surface area contributed by atoms with Crippen LogP contribution in [0.2, 0.25) is 0 Å². The fraction of sp³-hybridized carbons (Fsp3) is 0.188. The maximum Gasteiger partial charge on any atom is 0.336 e. The van der Waals surface area contributed by atoms with Crippen LogP contribution in [0, 0.1) is 0 Å². The summed E-state index contributed by atoms with van der Waals surface area (Å²) in [6, 6.07) is 12.1. The monoisotopic (exact) mass is 272 g/mol. The summed E-state index contributed by atoms with van der Waals surface area (Å²) < 4.78 is 0. The lowest BCUT2D eigenvalue weighted by Gasteiger charge is -2.05. The van der Waals surface area contributed by atoms with Crippen molar-refractivity contribution >= 4 is 22.9 Å². The number of thiophene rings is 1. The quantitative estimate of drug-likeness (QED) is 0.823. The minimum absolute atomic E-state index is 0.148. The van der Waals surface area contributed by atoms with E-state index in [9.17, 15) is 4.79 Å². The maximum atomic E-state index is 10.9. The van der Waals surface area contributed by atoms with Gasteiger partial charge in [-0.2, -0.15) is 0 Å². The van der Waals surface area contributed by atoms with Crippen molar-refractivity contribution < 1.29 is 9.90 Å². The summed E-state index contributed by atoms with van der Waals surface area (Å²) in [4.78, 5) is 12.6. The van der Waals surface area contributed by atoms with E-state index in [4.69, 9.17) is 5.11 Å². The highest BCUT2D eigenvalue weighted by Gasteiger charge is 2.11. The van der Waals surface area contributed by atoms with Gasteiger partial charge in [0.25, 0.3) is 0 Å². The van der Waals surface area contributed by atoms with Crippen molar-refractivity contribution in [3.8, 4) is 10.4 Å². The molecule has 98 valence electrons. The predicted octanol–water partition coefficient (Wildman–Crippen LogP) is 4.64. The van der Waals surface area contributed by atoms with Crippen LogP contribution in [0.5, 0.6) is 0 Å². The van der Waals surface area contributed by atoms with Crippen molar-refractivity contribution in [2.24, 2.45) is 0 Å². The fourth-order valence-corrected chi connectivity index (χ4v) is 2.77. The number of hydrogen-bond donors (Lipinski definition) is 1. The van der Waals surface area contributed by atoms with Crippen molar-refractivity contribution in [1.29, 1.82) is 0 Å². The van der Waals surface area contributed by atoms with Crippen LogP contribution >= 0.6 is 11.3 Å². The van der Waals surface area contributed by atoms with Gasteiger partial charge in [0.1, 0.15) is 0 Å². The fourth-order valence-electron chi connectivity index (χ4n) is 1.79. The molecular formula is C16H16O2S. The number of benzene rings is 1. The summed E-state index contributed by atoms with van der Waals surface area (Å²) in [6.45, 7) is 7.90. The summed E-state index contributed by atoms with van der Waals surface area (Å²) in [5.41, 5.74) is 2.56. The molecule has 19 heavy (non-hydrogen) atoms. The molecule has 0 fully saturated rings. The first-order valence-corrected chi connectivity index (χ1v) is 6.93. The molecule has 3 heteroatoms. The Morgan fingerprint density at radius 1 is 1.16 bits per heavy atom. The van der Waals surface area contributed by atoms with E-state index in [1.54, 1.807) is 0 Å². The number of hydrogen-bond acceptors (Lipinski definition) is 2. The summed E-state index contributed by atoms with van der Waals surface area (Å²) in [5.74, 6) is -0.455. The second kappa shape index (κ2) is 5.41. The van der Waals surface area contributed by atoms with Crippen LogP contribution in [0.25, 0.3) is 16.0 Å². The smallest absolute Gasteiger partial charge is 0.336 e. The van der Waals surface area contributed by atoms with Crippen LogP contribution in [0.4, 0.5) is 0 Å². The Morgan fingerprint density at radius 3 is 2.32 bits per heavy atom. The molecule has 2 rings (SSSR count). The first kappa shape index (κ1) is 13.6. The third-order valence-electron chi connectivity index (χ3n) is 3.02. The highest BCUT2D eigenvalue weighted by Crippen LogP contribution is 2.32. The van der Waals surface area contributed by atoms with Gasteiger partial charge >= 0.3 is 5.97 Å². The Balaban J connectivity index is 2.28. The molecule has 1 aromatic heterocycles. The highest BCUT2D eigenvalue weighted by molar-refractivity contribution is 7.16. The van der Waals surface area contributed by atoms with Crippen molar-refractivity contribution in [2.45, 2.75) is 19.8 Å². The Kier molecular flexibility index (Phi) is 3.86. The average Bonchev–Trinajstić information content (AvgIpc) is 2.87. The molecule has 0 aliphatic heterocycles. The number of carboxylic acid groups (broad SMARTS) is 1. The Labute approximate surface area is 117 Å². The van der Waals surface area contributed by atoms with Gasteiger partial charge in [-0.1, -0.05) is 44.7 Å². The topological polar surface area (TPSA) is 37.3 Å². The number of carbonyl (C=O) groups is 1. The number of aliphatic carboxylic acids is 1. The van der Waals surface area contributed by atoms with Crippen LogP contribution in [0.1, 0.15) is 30.2 Å². The molecule has 0 atom stereocenters. The standard InChI is InChI=1S/C16H16O2S/c1-10(2)12-4-6-13(7-5-12)15-9-8-14(19-15)11(3)16(17)18/h4-10H,3H2,1-2H3,(H,17,18). The predicted molar refractivity (Wildman–Crippen MR) is 80.5 cm³/mol. The van der Waals surface area contributed by atoms with E-state index in [-0.39, 0.29) is 5.57 Å². The minimum Gasteiger partial charge on any atom is -0.478 e. The first-order valence-electron chi connectivity index (χ1n) is 6.11. The van der Waals surface area contributed by atoms with Gasteiger partial charge in [0.2, 0.25) is 0 Å². The summed E-state index contributed by atoms with van der Waals surface area (Å²) in [5, 5.41) is 8.92. The first-order chi connectivity index (χ1) is 8.99. The van der Waals surface area contributed by atoms with Gasteiger partial charge in [-0.3, -0.25) is 0 Å². The molecule has 1 aromatic carbocycles. The van der Waals surface area contributed by atoms with E-state index in [2.05, 4.69) is 44.7 Å². The number of carboxylic acids is 1. The van der Waals surface area contributed by atoms with Crippen molar-refractivity contribution in [2.75, 3.05) is 0 Å². The molecule has 1 N–H and O–H groups in total. The van der Waals surface area contributed by atoms with E-state index in [0.717, 1.165) is 10.4 Å². The molecule has 0 amide bonds. The lowest BCUT2D eigenvalue weighted by Crippen LogP contribution is -1.94. The molecule has 0 radical (unpaired) electrons. The van der Waals surface area contributed by atoms with E-state index in [1.165, 1.54) is 16.9 Å². The van der Waals surface area contributed by atoms with Crippen LogP contribution in [-0.2, 0) is 4.79 Å². The Bertz CT molecular complexity index is 606. The van der Waals surface area contributed by atoms with Gasteiger partial charge in [0.15, 0.2) is 0 Å². The third-order valence-corrected chi connectivity index (χ3v) is 4.22. The Hall–Kier alpha value is -1.87. The van der Waals surface area contributed by atoms with Gasteiger partial charge in [-0.15, -0.1) is 11.3 Å². The maximum absolute atomic E-state index is 10.9. The normalized spacial score (nSPS) is 10.7. The highest BCUT2D eigenvalue weighted by atomic mass is 32.1. The van der Waals surface area contributed by atoms with Gasteiger partial charge in [-0.05, 0) is 29.2 Å². The van der Waals surface area contributed by atoms with Crippen LogP contribution < -0.4 is 0 Å². The molecular weight excluding hydrogens is 256 g/mol. The number of rotatable bonds is 4. The van der Waals surface area contributed by atoms with Gasteiger partial charge in [0.05, 0.1) is 5.57 Å². The van der Waals surface area contributed by atoms with Crippen LogP contribution in [0.3, 0.4) is 0 Å². The zero-order chi connectivity index (χ0) is 14.0. The van der Waals surface area contributed by atoms with E-state index < -0.39 is 5.97 Å². The average molecular weight is 272 g/mol. The molecule has 0 unspecified atom stereocenters. The van der Waals surface area contributed by atoms with Crippen LogP contribution in [0.15, 0.2) is 43.0 Å². The molecule has 0 aliphatic carbocycles. The molecule has 1 heterocycles. The zero-order valence-electron chi connectivity index (χ0n) is 11.0. The lowest BCUT2D eigenvalue weighted by atomic mass is 10.0. The molecule has 0 saturated heterocycles. The molecule has 0 aliphatic rings. The zero-order valence-corrected chi connectivity index (χ0v) is 11.8. The van der Waals surface area contributed by atoms with E-state index in [1.807, 2.05) is 12.1 Å². The Morgan fingerprint density at radius 2 is 1.79 bits per heavy atom. The van der Waals surface area contributed by atoms with Crippen molar-refractivity contribution in [3.05, 3.63) is 53.4 Å². The molecule has 0 saturated carbocycles. The van der Waals surface area contributed by atoms with Crippen LogP contribution in [-0.4, -0.2) is 11.1 Å². The lowest BCUT2D eigenvalue weighted by molar-refractivity contribution is -0.130. The summed E-state index contributed by atoms with van der Waals surface area (Å²) in [7, 11) is 0. The van der Waals surface area contributed by atoms with Gasteiger partial charge < -0.3 is 5.11 Å². The van der Waals surface area contributed by atoms with Gasteiger partial charge in [0, 0.05) is 9.75 Å². The molecule has 2 aromatic rings. The largest absolute Gasteiger partial charge is 0.478 e. The third kappa shape index (κ3) is 2.93. The SMILES string of the molecule is C=C(C(=O)O)c1ccc(-c2ccc(C(C)C)cc2)s1. The second-order valence-electron chi connectivity index (χ2n) is 4.72.